The highest BCUT2D eigenvalue weighted by molar-refractivity contribution is 5.41. The van der Waals surface area contributed by atoms with E-state index < -0.39 is 50.0 Å². The van der Waals surface area contributed by atoms with E-state index in [0.29, 0.717) is 12.0 Å². The predicted octanol–water partition coefficient (Wildman–Crippen LogP) is 0.997. The van der Waals surface area contributed by atoms with Gasteiger partial charge in [0, 0.05) is 12.4 Å². The number of aliphatic hydroxyl groups is 4. The zero-order valence-electron chi connectivity index (χ0n) is 20.1. The maximum Gasteiger partial charge on any atom is 0.225 e. The van der Waals surface area contributed by atoms with Crippen molar-refractivity contribution in [3.05, 3.63) is 70.3 Å². The molecular formula is C22H26O6. The SMILES string of the molecule is [2H]C([2H])([2H])C([2H])([2H])c1ccc(Cc2ccc3c(c2)[C@]2(OC3)O[C@H](CO)[C@@H](O)[C@H](O)[C@H]2O)cc1. The lowest BCUT2D eigenvalue weighted by Gasteiger charge is -2.46. The molecule has 1 spiro atoms. The quantitative estimate of drug-likeness (QED) is 0.621. The molecule has 1 fully saturated rings. The van der Waals surface area contributed by atoms with Crippen molar-refractivity contribution in [3.63, 3.8) is 0 Å². The number of rotatable bonds is 4. The molecular weight excluding hydrogens is 360 g/mol. The summed E-state index contributed by atoms with van der Waals surface area (Å²) in [5.41, 5.74) is 2.91. The molecule has 2 aromatic rings. The molecule has 0 aromatic heterocycles. The molecule has 0 amide bonds. The minimum Gasteiger partial charge on any atom is -0.394 e. The number of aryl methyl sites for hydroxylation is 1. The molecule has 2 aliphatic heterocycles. The number of hydrogen-bond donors (Lipinski definition) is 4. The second-order valence-corrected chi connectivity index (χ2v) is 7.21. The molecule has 0 aliphatic carbocycles. The van der Waals surface area contributed by atoms with Crippen LogP contribution in [0.5, 0.6) is 0 Å². The van der Waals surface area contributed by atoms with Crippen LogP contribution in [0.25, 0.3) is 0 Å². The molecule has 0 unspecified atom stereocenters. The molecule has 6 heteroatoms. The highest BCUT2D eigenvalue weighted by Crippen LogP contribution is 2.46. The monoisotopic (exact) mass is 391 g/mol. The van der Waals surface area contributed by atoms with Crippen LogP contribution in [0.3, 0.4) is 0 Å². The Morgan fingerprint density at radius 3 is 2.50 bits per heavy atom. The average Bonchev–Trinajstić information content (AvgIpc) is 3.13. The Hall–Kier alpha value is -1.80. The molecule has 0 saturated carbocycles. The van der Waals surface area contributed by atoms with Crippen LogP contribution in [0.1, 0.15) is 41.5 Å². The summed E-state index contributed by atoms with van der Waals surface area (Å²) in [5, 5.41) is 40.6. The molecule has 1 saturated heterocycles. The molecule has 2 aliphatic rings. The maximum atomic E-state index is 10.7. The van der Waals surface area contributed by atoms with E-state index in [1.165, 1.54) is 12.1 Å². The fourth-order valence-corrected chi connectivity index (χ4v) is 3.87. The molecule has 4 rings (SSSR count). The summed E-state index contributed by atoms with van der Waals surface area (Å²) in [4.78, 5) is 0. The van der Waals surface area contributed by atoms with E-state index >= 15 is 0 Å². The maximum absolute atomic E-state index is 10.7. The lowest BCUT2D eigenvalue weighted by atomic mass is 9.86. The summed E-state index contributed by atoms with van der Waals surface area (Å²) in [6.45, 7) is -3.23. The lowest BCUT2D eigenvalue weighted by Crippen LogP contribution is -2.63. The van der Waals surface area contributed by atoms with Crippen LogP contribution in [0, 0.1) is 0 Å². The Balaban J connectivity index is 1.61. The number of fused-ring (bicyclic) bond motifs is 2. The fourth-order valence-electron chi connectivity index (χ4n) is 3.87. The Morgan fingerprint density at radius 1 is 1.07 bits per heavy atom. The summed E-state index contributed by atoms with van der Waals surface area (Å²) < 4.78 is 49.5. The summed E-state index contributed by atoms with van der Waals surface area (Å²) >= 11 is 0. The number of ether oxygens (including phenoxy) is 2. The van der Waals surface area contributed by atoms with Gasteiger partial charge in [-0.15, -0.1) is 0 Å². The van der Waals surface area contributed by atoms with Crippen molar-refractivity contribution < 1.29 is 36.8 Å². The van der Waals surface area contributed by atoms with Gasteiger partial charge in [0.2, 0.25) is 5.79 Å². The van der Waals surface area contributed by atoms with E-state index in [4.69, 9.17) is 16.3 Å². The van der Waals surface area contributed by atoms with E-state index in [1.54, 1.807) is 18.2 Å². The highest BCUT2D eigenvalue weighted by atomic mass is 16.7. The van der Waals surface area contributed by atoms with Gasteiger partial charge in [-0.3, -0.25) is 0 Å². The van der Waals surface area contributed by atoms with Gasteiger partial charge in [0.05, 0.1) is 13.2 Å². The number of hydrogen-bond acceptors (Lipinski definition) is 6. The van der Waals surface area contributed by atoms with Crippen molar-refractivity contribution in [2.45, 2.75) is 56.5 Å². The van der Waals surface area contributed by atoms with Crippen LogP contribution in [0.2, 0.25) is 0 Å². The van der Waals surface area contributed by atoms with Crippen LogP contribution < -0.4 is 0 Å². The minimum absolute atomic E-state index is 0.0638. The Labute approximate surface area is 171 Å². The lowest BCUT2D eigenvalue weighted by molar-refractivity contribution is -0.368. The van der Waals surface area contributed by atoms with Crippen molar-refractivity contribution in [1.82, 2.24) is 0 Å². The van der Waals surface area contributed by atoms with Gasteiger partial charge in [0.1, 0.15) is 24.4 Å². The second-order valence-electron chi connectivity index (χ2n) is 7.21. The Morgan fingerprint density at radius 2 is 1.79 bits per heavy atom. The number of benzene rings is 2. The van der Waals surface area contributed by atoms with Crippen molar-refractivity contribution in [2.24, 2.45) is 0 Å². The van der Waals surface area contributed by atoms with Gasteiger partial charge in [-0.25, -0.2) is 0 Å². The molecule has 2 heterocycles. The van der Waals surface area contributed by atoms with E-state index in [9.17, 15) is 20.4 Å². The first-order chi connectivity index (χ1) is 15.4. The Bertz CT molecular complexity index is 1010. The molecule has 6 nitrogen and oxygen atoms in total. The van der Waals surface area contributed by atoms with Crippen LogP contribution in [0.15, 0.2) is 42.5 Å². The van der Waals surface area contributed by atoms with Crippen LogP contribution in [-0.2, 0) is 34.7 Å². The van der Waals surface area contributed by atoms with E-state index in [1.807, 2.05) is 12.1 Å². The van der Waals surface area contributed by atoms with Crippen LogP contribution >= 0.6 is 0 Å². The molecule has 0 bridgehead atoms. The molecule has 0 radical (unpaired) electrons. The highest BCUT2D eigenvalue weighted by Gasteiger charge is 2.58. The standard InChI is InChI=1S/C22H26O6/c1-2-13-3-5-14(6-4-13)9-15-7-8-16-12-27-22(17(16)10-15)21(26)20(25)19(24)18(11-23)28-22/h3-8,10,18-21,23-26H,2,9,11-12H2,1H3/t18-,19-,20+,21-,22+/m1/s1/i1D3,2D2. The third-order valence-electron chi connectivity index (χ3n) is 5.45. The Kier molecular flexibility index (Phi) is 3.84. The minimum atomic E-state index is -2.78. The second kappa shape index (κ2) is 7.55. The first-order valence-electron chi connectivity index (χ1n) is 11.6. The fraction of sp³-hybridized carbons (Fsp3) is 0.455. The van der Waals surface area contributed by atoms with Crippen molar-refractivity contribution in [1.29, 1.82) is 0 Å². The molecule has 4 N–H and O–H groups in total. The smallest absolute Gasteiger partial charge is 0.225 e. The van der Waals surface area contributed by atoms with Crippen molar-refractivity contribution >= 4 is 0 Å². The van der Waals surface area contributed by atoms with Gasteiger partial charge in [0.25, 0.3) is 0 Å². The van der Waals surface area contributed by atoms with Gasteiger partial charge < -0.3 is 29.9 Å². The third kappa shape index (κ3) is 3.16. The largest absolute Gasteiger partial charge is 0.394 e. The average molecular weight is 391 g/mol. The van der Waals surface area contributed by atoms with Gasteiger partial charge in [-0.2, -0.15) is 0 Å². The van der Waals surface area contributed by atoms with Gasteiger partial charge >= 0.3 is 0 Å². The van der Waals surface area contributed by atoms with Gasteiger partial charge in [0.15, 0.2) is 0 Å². The van der Waals surface area contributed by atoms with Crippen LogP contribution in [-0.4, -0.2) is 51.4 Å². The van der Waals surface area contributed by atoms with Gasteiger partial charge in [-0.05, 0) is 41.1 Å². The molecule has 5 atom stereocenters. The summed E-state index contributed by atoms with van der Waals surface area (Å²) in [6, 6.07) is 11.7. The summed E-state index contributed by atoms with van der Waals surface area (Å²) in [7, 11) is 0. The van der Waals surface area contributed by atoms with Crippen LogP contribution in [0.4, 0.5) is 0 Å². The molecule has 150 valence electrons. The molecule has 2 aromatic carbocycles. The summed E-state index contributed by atoms with van der Waals surface area (Å²) in [5.74, 6) is -1.73. The zero-order valence-corrected chi connectivity index (χ0v) is 15.1. The topological polar surface area (TPSA) is 99.4 Å². The summed E-state index contributed by atoms with van der Waals surface area (Å²) in [6.07, 6.45) is -7.81. The first-order valence-corrected chi connectivity index (χ1v) is 9.09. The first kappa shape index (κ1) is 14.2. The van der Waals surface area contributed by atoms with E-state index in [0.717, 1.165) is 16.7 Å². The van der Waals surface area contributed by atoms with E-state index in [2.05, 4.69) is 0 Å². The number of aliphatic hydroxyl groups excluding tert-OH is 4. The van der Waals surface area contributed by atoms with Crippen molar-refractivity contribution in [2.75, 3.05) is 6.61 Å². The van der Waals surface area contributed by atoms with Crippen molar-refractivity contribution in [3.8, 4) is 0 Å². The van der Waals surface area contributed by atoms with E-state index in [-0.39, 0.29) is 12.2 Å². The van der Waals surface area contributed by atoms with Gasteiger partial charge in [-0.1, -0.05) is 43.3 Å². The molecule has 28 heavy (non-hydrogen) atoms. The predicted molar refractivity (Wildman–Crippen MR) is 102 cm³/mol. The third-order valence-corrected chi connectivity index (χ3v) is 5.45. The zero-order chi connectivity index (χ0) is 24.2. The normalized spacial score (nSPS) is 35.5.